The van der Waals surface area contributed by atoms with Gasteiger partial charge in [-0.3, -0.25) is 4.98 Å². The van der Waals surface area contributed by atoms with E-state index in [4.69, 9.17) is 17.0 Å². The van der Waals surface area contributed by atoms with E-state index in [1.54, 1.807) is 12.1 Å². The van der Waals surface area contributed by atoms with Crippen LogP contribution in [0, 0.1) is 13.8 Å². The molecule has 5 aromatic rings. The molecule has 6 nitrogen and oxygen atoms in total. The monoisotopic (exact) mass is 532 g/mol. The molecule has 194 valence electrons. The van der Waals surface area contributed by atoms with Gasteiger partial charge in [-0.05, 0) is 110 Å². The third kappa shape index (κ3) is 4.73. The van der Waals surface area contributed by atoms with Gasteiger partial charge in [0.05, 0.1) is 17.8 Å². The lowest BCUT2D eigenvalue weighted by Gasteiger charge is -2.28. The lowest BCUT2D eigenvalue weighted by Crippen LogP contribution is -2.29. The molecule has 0 amide bonds. The number of aromatic hydroxyl groups is 1. The van der Waals surface area contributed by atoms with Crippen molar-refractivity contribution in [3.63, 3.8) is 0 Å². The minimum atomic E-state index is -0.146. The number of ether oxygens (including phenoxy) is 1. The Kier molecular flexibility index (Phi) is 6.50. The SMILES string of the molecule is Cc1cc([C@H]2[C@H](c3ccccn3)NC(=S)N2c2ccc(Oc3ccccc3)cc2)c(C)n1-c1ccc(O)cc1. The van der Waals surface area contributed by atoms with Gasteiger partial charge in [0, 0.05) is 29.0 Å². The molecule has 1 saturated heterocycles. The van der Waals surface area contributed by atoms with Gasteiger partial charge in [-0.2, -0.15) is 0 Å². The average Bonchev–Trinajstić information content (AvgIpc) is 3.45. The summed E-state index contributed by atoms with van der Waals surface area (Å²) in [6, 6.07) is 32.9. The van der Waals surface area contributed by atoms with E-state index in [1.165, 1.54) is 0 Å². The molecule has 1 aliphatic rings. The Bertz CT molecular complexity index is 1600. The number of aromatic nitrogens is 2. The molecule has 0 unspecified atom stereocenters. The van der Waals surface area contributed by atoms with E-state index in [9.17, 15) is 5.11 Å². The minimum Gasteiger partial charge on any atom is -0.508 e. The molecule has 2 aromatic heterocycles. The number of hydrogen-bond donors (Lipinski definition) is 2. The molecular formula is C32H28N4O2S. The van der Waals surface area contributed by atoms with Crippen LogP contribution in [-0.4, -0.2) is 19.8 Å². The summed E-state index contributed by atoms with van der Waals surface area (Å²) >= 11 is 5.93. The van der Waals surface area contributed by atoms with Gasteiger partial charge in [-0.25, -0.2) is 0 Å². The van der Waals surface area contributed by atoms with Crippen molar-refractivity contribution in [3.05, 3.63) is 132 Å². The number of phenolic OH excluding ortho intramolecular Hbond substituents is 1. The Hall–Kier alpha value is -4.62. The number of nitrogens with zero attached hydrogens (tertiary/aromatic N) is 3. The first-order valence-electron chi connectivity index (χ1n) is 12.8. The van der Waals surface area contributed by atoms with Crippen molar-refractivity contribution in [1.82, 2.24) is 14.9 Å². The first-order valence-corrected chi connectivity index (χ1v) is 13.2. The Morgan fingerprint density at radius 3 is 2.18 bits per heavy atom. The summed E-state index contributed by atoms with van der Waals surface area (Å²) in [5, 5.41) is 14.0. The second-order valence-corrected chi connectivity index (χ2v) is 9.97. The quantitative estimate of drug-likeness (QED) is 0.226. The highest BCUT2D eigenvalue weighted by Gasteiger charge is 2.42. The predicted octanol–water partition coefficient (Wildman–Crippen LogP) is 7.16. The largest absolute Gasteiger partial charge is 0.508 e. The average molecular weight is 533 g/mol. The molecule has 7 heteroatoms. The number of aryl methyl sites for hydroxylation is 1. The minimum absolute atomic E-state index is 0.134. The van der Waals surface area contributed by atoms with Crippen molar-refractivity contribution in [2.45, 2.75) is 25.9 Å². The molecule has 6 rings (SSSR count). The number of phenols is 1. The van der Waals surface area contributed by atoms with Crippen LogP contribution >= 0.6 is 12.2 Å². The van der Waals surface area contributed by atoms with E-state index in [0.29, 0.717) is 5.11 Å². The highest BCUT2D eigenvalue weighted by Crippen LogP contribution is 2.44. The van der Waals surface area contributed by atoms with Crippen LogP contribution in [0.5, 0.6) is 17.2 Å². The van der Waals surface area contributed by atoms with Crippen LogP contribution in [0.1, 0.15) is 34.7 Å². The van der Waals surface area contributed by atoms with Crippen molar-refractivity contribution in [2.75, 3.05) is 4.90 Å². The molecule has 2 atom stereocenters. The molecule has 0 saturated carbocycles. The Morgan fingerprint density at radius 2 is 1.49 bits per heavy atom. The van der Waals surface area contributed by atoms with Crippen molar-refractivity contribution in [2.24, 2.45) is 0 Å². The summed E-state index contributed by atoms with van der Waals surface area (Å²) in [4.78, 5) is 6.85. The molecule has 0 aliphatic carbocycles. The molecule has 0 radical (unpaired) electrons. The van der Waals surface area contributed by atoms with Gasteiger partial charge < -0.3 is 24.6 Å². The number of nitrogens with one attached hydrogen (secondary N) is 1. The third-order valence-electron chi connectivity index (χ3n) is 7.09. The van der Waals surface area contributed by atoms with Crippen molar-refractivity contribution in [3.8, 4) is 22.9 Å². The molecule has 3 heterocycles. The second-order valence-electron chi connectivity index (χ2n) is 9.58. The number of para-hydroxylation sites is 1. The maximum Gasteiger partial charge on any atom is 0.174 e. The first-order chi connectivity index (χ1) is 19.0. The predicted molar refractivity (Wildman–Crippen MR) is 158 cm³/mol. The maximum absolute atomic E-state index is 9.82. The Morgan fingerprint density at radius 1 is 0.821 bits per heavy atom. The molecule has 0 spiro atoms. The zero-order valence-electron chi connectivity index (χ0n) is 21.7. The van der Waals surface area contributed by atoms with Crippen LogP contribution in [0.15, 0.2) is 109 Å². The molecule has 0 bridgehead atoms. The van der Waals surface area contributed by atoms with Gasteiger partial charge in [0.2, 0.25) is 0 Å². The maximum atomic E-state index is 9.82. The highest BCUT2D eigenvalue weighted by molar-refractivity contribution is 7.80. The fourth-order valence-corrected chi connectivity index (χ4v) is 5.68. The van der Waals surface area contributed by atoms with Gasteiger partial charge in [-0.15, -0.1) is 0 Å². The molecule has 39 heavy (non-hydrogen) atoms. The standard InChI is InChI=1S/C32H28N4O2S/c1-21-20-28(22(2)35(21)23-11-15-25(37)16-12-23)31-30(29-10-6-7-19-33-29)34-32(39)36(31)24-13-17-27(18-14-24)38-26-8-4-3-5-9-26/h3-20,30-31,37H,1-2H3,(H,34,39)/t30-,31-/m0/s1. The summed E-state index contributed by atoms with van der Waals surface area (Å²) in [5.41, 5.74) is 6.22. The van der Waals surface area contributed by atoms with Crippen LogP contribution in [0.2, 0.25) is 0 Å². The zero-order chi connectivity index (χ0) is 26.9. The van der Waals surface area contributed by atoms with Crippen LogP contribution in [0.4, 0.5) is 5.69 Å². The number of anilines is 1. The van der Waals surface area contributed by atoms with E-state index in [0.717, 1.165) is 45.5 Å². The number of benzene rings is 3. The molecular weight excluding hydrogens is 504 g/mol. The van der Waals surface area contributed by atoms with Gasteiger partial charge in [0.25, 0.3) is 0 Å². The van der Waals surface area contributed by atoms with Crippen LogP contribution in [0.3, 0.4) is 0 Å². The number of hydrogen-bond acceptors (Lipinski definition) is 4. The topological polar surface area (TPSA) is 62.5 Å². The molecule has 1 aliphatic heterocycles. The summed E-state index contributed by atoms with van der Waals surface area (Å²) in [6.07, 6.45) is 1.81. The van der Waals surface area contributed by atoms with E-state index in [2.05, 4.69) is 39.7 Å². The normalized spacial score (nSPS) is 16.8. The van der Waals surface area contributed by atoms with Gasteiger partial charge >= 0.3 is 0 Å². The Balaban J connectivity index is 1.41. The molecule has 1 fully saturated rings. The van der Waals surface area contributed by atoms with Crippen molar-refractivity contribution >= 4 is 23.0 Å². The summed E-state index contributed by atoms with van der Waals surface area (Å²) < 4.78 is 8.23. The van der Waals surface area contributed by atoms with Gasteiger partial charge in [-0.1, -0.05) is 24.3 Å². The number of rotatable bonds is 6. The van der Waals surface area contributed by atoms with Crippen molar-refractivity contribution in [1.29, 1.82) is 0 Å². The number of thiocarbonyl (C=S) groups is 1. The lowest BCUT2D eigenvalue weighted by molar-refractivity contribution is 0.475. The van der Waals surface area contributed by atoms with E-state index in [1.807, 2.05) is 91.1 Å². The van der Waals surface area contributed by atoms with E-state index >= 15 is 0 Å². The molecule has 3 aromatic carbocycles. The third-order valence-corrected chi connectivity index (χ3v) is 7.40. The van der Waals surface area contributed by atoms with Crippen molar-refractivity contribution < 1.29 is 9.84 Å². The fraction of sp³-hybridized carbons (Fsp3) is 0.125. The molecule has 2 N–H and O–H groups in total. The van der Waals surface area contributed by atoms with Gasteiger partial charge in [0.15, 0.2) is 5.11 Å². The Labute approximate surface area is 233 Å². The highest BCUT2D eigenvalue weighted by atomic mass is 32.1. The van der Waals surface area contributed by atoms with E-state index < -0.39 is 0 Å². The first kappa shape index (κ1) is 24.7. The summed E-state index contributed by atoms with van der Waals surface area (Å²) in [7, 11) is 0. The smallest absolute Gasteiger partial charge is 0.174 e. The number of pyridine rings is 1. The zero-order valence-corrected chi connectivity index (χ0v) is 22.5. The van der Waals surface area contributed by atoms with Crippen LogP contribution in [0.25, 0.3) is 5.69 Å². The lowest BCUT2D eigenvalue weighted by atomic mass is 9.96. The van der Waals surface area contributed by atoms with Crippen LogP contribution < -0.4 is 15.0 Å². The van der Waals surface area contributed by atoms with E-state index in [-0.39, 0.29) is 17.8 Å². The second kappa shape index (κ2) is 10.3. The summed E-state index contributed by atoms with van der Waals surface area (Å²) in [6.45, 7) is 4.22. The fourth-order valence-electron chi connectivity index (χ4n) is 5.33. The summed E-state index contributed by atoms with van der Waals surface area (Å²) in [5.74, 6) is 1.79. The van der Waals surface area contributed by atoms with Gasteiger partial charge in [0.1, 0.15) is 17.2 Å². The van der Waals surface area contributed by atoms with Crippen LogP contribution in [-0.2, 0) is 0 Å².